The van der Waals surface area contributed by atoms with Crippen LogP contribution in [0.1, 0.15) is 35.1 Å². The zero-order valence-corrected chi connectivity index (χ0v) is 15.2. The molecule has 0 radical (unpaired) electrons. The first-order valence-electron chi connectivity index (χ1n) is 9.31. The van der Waals surface area contributed by atoms with Gasteiger partial charge in [0.25, 0.3) is 0 Å². The van der Waals surface area contributed by atoms with Crippen LogP contribution < -0.4 is 4.74 Å². The molecule has 4 rings (SSSR count). The van der Waals surface area contributed by atoms with Crippen molar-refractivity contribution < 1.29 is 9.47 Å². The van der Waals surface area contributed by atoms with Crippen molar-refractivity contribution in [1.29, 1.82) is 0 Å². The summed E-state index contributed by atoms with van der Waals surface area (Å²) in [7, 11) is 0. The van der Waals surface area contributed by atoms with Gasteiger partial charge in [-0.15, -0.1) is 0 Å². The fourth-order valence-corrected chi connectivity index (χ4v) is 3.96. The van der Waals surface area contributed by atoms with E-state index in [9.17, 15) is 0 Å². The highest BCUT2D eigenvalue weighted by Gasteiger charge is 2.36. The van der Waals surface area contributed by atoms with Crippen LogP contribution in [0.25, 0.3) is 0 Å². The molecule has 3 heteroatoms. The molecule has 0 amide bonds. The lowest BCUT2D eigenvalue weighted by Gasteiger charge is -2.34. The van der Waals surface area contributed by atoms with Gasteiger partial charge in [0, 0.05) is 18.6 Å². The lowest BCUT2D eigenvalue weighted by atomic mass is 10.1. The van der Waals surface area contributed by atoms with Gasteiger partial charge in [0.2, 0.25) is 0 Å². The fourth-order valence-electron chi connectivity index (χ4n) is 3.96. The second kappa shape index (κ2) is 7.19. The molecule has 2 fully saturated rings. The minimum atomic E-state index is 0.617. The topological polar surface area (TPSA) is 21.7 Å². The predicted molar refractivity (Wildman–Crippen MR) is 99.9 cm³/mol. The summed E-state index contributed by atoms with van der Waals surface area (Å²) in [6.07, 6.45) is 2.57. The number of morpholine rings is 1. The van der Waals surface area contributed by atoms with Crippen molar-refractivity contribution >= 4 is 0 Å². The smallest absolute Gasteiger partial charge is 0.122 e. The van der Waals surface area contributed by atoms with E-state index in [4.69, 9.17) is 9.47 Å². The molecule has 2 aliphatic rings. The Morgan fingerprint density at radius 2 is 1.64 bits per heavy atom. The molecular formula is C22H27NO2. The van der Waals surface area contributed by atoms with E-state index in [1.165, 1.54) is 35.1 Å². The monoisotopic (exact) mass is 337 g/mol. The largest absolute Gasteiger partial charge is 0.489 e. The number of fused-ring (bicyclic) bond motifs is 2. The zero-order valence-electron chi connectivity index (χ0n) is 15.2. The van der Waals surface area contributed by atoms with Crippen LogP contribution in [0.3, 0.4) is 0 Å². The minimum absolute atomic E-state index is 0.617. The standard InChI is InChI=1S/C22H27NO2/c1-16-4-3-5-22(17(16)2)25-13-19-8-6-18(7-9-19)12-23-20-10-11-21(23)15-24-14-20/h3-9,20-21H,10-15H2,1-2H3. The first kappa shape index (κ1) is 16.6. The molecule has 2 aromatic rings. The van der Waals surface area contributed by atoms with Gasteiger partial charge in [0.05, 0.1) is 13.2 Å². The Morgan fingerprint density at radius 3 is 2.36 bits per heavy atom. The van der Waals surface area contributed by atoms with Crippen LogP contribution >= 0.6 is 0 Å². The highest BCUT2D eigenvalue weighted by Crippen LogP contribution is 2.30. The number of ether oxygens (including phenoxy) is 2. The van der Waals surface area contributed by atoms with E-state index in [1.54, 1.807) is 0 Å². The molecule has 0 saturated carbocycles. The maximum absolute atomic E-state index is 6.01. The second-order valence-corrected chi connectivity index (χ2v) is 7.40. The molecule has 2 atom stereocenters. The Bertz CT molecular complexity index is 709. The Kier molecular flexibility index (Phi) is 4.78. The molecule has 2 bridgehead atoms. The van der Waals surface area contributed by atoms with Gasteiger partial charge < -0.3 is 9.47 Å². The van der Waals surface area contributed by atoms with Crippen LogP contribution in [0.5, 0.6) is 5.75 Å². The van der Waals surface area contributed by atoms with Gasteiger partial charge in [-0.25, -0.2) is 0 Å². The number of nitrogens with zero attached hydrogens (tertiary/aromatic N) is 1. The summed E-state index contributed by atoms with van der Waals surface area (Å²) in [6.45, 7) is 7.70. The molecule has 132 valence electrons. The number of rotatable bonds is 5. The van der Waals surface area contributed by atoms with Crippen LogP contribution in [-0.4, -0.2) is 30.2 Å². The maximum atomic E-state index is 6.01. The van der Waals surface area contributed by atoms with Crippen LogP contribution in [0, 0.1) is 13.8 Å². The Balaban J connectivity index is 1.36. The summed E-state index contributed by atoms with van der Waals surface area (Å²) in [4.78, 5) is 2.63. The first-order valence-corrected chi connectivity index (χ1v) is 9.31. The summed E-state index contributed by atoms with van der Waals surface area (Å²) < 4.78 is 11.7. The molecule has 0 aromatic heterocycles. The van der Waals surface area contributed by atoms with E-state index in [-0.39, 0.29) is 0 Å². The summed E-state index contributed by atoms with van der Waals surface area (Å²) >= 11 is 0. The van der Waals surface area contributed by atoms with Gasteiger partial charge in [-0.3, -0.25) is 4.90 Å². The van der Waals surface area contributed by atoms with Crippen LogP contribution in [-0.2, 0) is 17.9 Å². The van der Waals surface area contributed by atoms with Crippen LogP contribution in [0.2, 0.25) is 0 Å². The molecule has 2 heterocycles. The van der Waals surface area contributed by atoms with Gasteiger partial charge in [0.1, 0.15) is 12.4 Å². The molecular weight excluding hydrogens is 310 g/mol. The highest BCUT2D eigenvalue weighted by molar-refractivity contribution is 5.38. The number of aryl methyl sites for hydroxylation is 1. The molecule has 25 heavy (non-hydrogen) atoms. The lowest BCUT2D eigenvalue weighted by molar-refractivity contribution is -0.0186. The van der Waals surface area contributed by atoms with Gasteiger partial charge in [-0.1, -0.05) is 36.4 Å². The number of hydrogen-bond acceptors (Lipinski definition) is 3. The van der Waals surface area contributed by atoms with E-state index in [2.05, 4.69) is 55.1 Å². The van der Waals surface area contributed by atoms with E-state index < -0.39 is 0 Å². The summed E-state index contributed by atoms with van der Waals surface area (Å²) in [5, 5.41) is 0. The maximum Gasteiger partial charge on any atom is 0.122 e. The third kappa shape index (κ3) is 3.58. The Morgan fingerprint density at radius 1 is 0.960 bits per heavy atom. The normalized spacial score (nSPS) is 23.0. The summed E-state index contributed by atoms with van der Waals surface area (Å²) in [6, 6.07) is 16.3. The summed E-state index contributed by atoms with van der Waals surface area (Å²) in [5.74, 6) is 0.981. The van der Waals surface area contributed by atoms with Gasteiger partial charge in [0.15, 0.2) is 0 Å². The number of benzene rings is 2. The van der Waals surface area contributed by atoms with E-state index in [0.717, 1.165) is 25.5 Å². The molecule has 0 N–H and O–H groups in total. The minimum Gasteiger partial charge on any atom is -0.489 e. The molecule has 0 spiro atoms. The molecule has 2 aliphatic heterocycles. The number of hydrogen-bond donors (Lipinski definition) is 0. The Hall–Kier alpha value is -1.84. The third-order valence-corrected chi connectivity index (χ3v) is 5.73. The Labute approximate surface area is 150 Å². The highest BCUT2D eigenvalue weighted by atomic mass is 16.5. The average molecular weight is 337 g/mol. The van der Waals surface area contributed by atoms with Crippen molar-refractivity contribution in [3.8, 4) is 5.75 Å². The van der Waals surface area contributed by atoms with Crippen molar-refractivity contribution in [2.75, 3.05) is 13.2 Å². The van der Waals surface area contributed by atoms with Crippen molar-refractivity contribution in [3.05, 3.63) is 64.7 Å². The second-order valence-electron chi connectivity index (χ2n) is 7.40. The molecule has 3 nitrogen and oxygen atoms in total. The molecule has 0 aliphatic carbocycles. The van der Waals surface area contributed by atoms with Gasteiger partial charge >= 0.3 is 0 Å². The van der Waals surface area contributed by atoms with Crippen molar-refractivity contribution in [1.82, 2.24) is 4.90 Å². The summed E-state index contributed by atoms with van der Waals surface area (Å²) in [5.41, 5.74) is 5.10. The fraction of sp³-hybridized carbons (Fsp3) is 0.455. The first-order chi connectivity index (χ1) is 12.2. The van der Waals surface area contributed by atoms with Crippen molar-refractivity contribution in [3.63, 3.8) is 0 Å². The van der Waals surface area contributed by atoms with Gasteiger partial charge in [-0.05, 0) is 55.0 Å². The van der Waals surface area contributed by atoms with E-state index in [1.807, 2.05) is 6.07 Å². The molecule has 2 aromatic carbocycles. The molecule has 2 unspecified atom stereocenters. The van der Waals surface area contributed by atoms with Crippen LogP contribution in [0.15, 0.2) is 42.5 Å². The van der Waals surface area contributed by atoms with Gasteiger partial charge in [-0.2, -0.15) is 0 Å². The van der Waals surface area contributed by atoms with Crippen LogP contribution in [0.4, 0.5) is 0 Å². The quantitative estimate of drug-likeness (QED) is 0.814. The average Bonchev–Trinajstić information content (AvgIpc) is 2.84. The SMILES string of the molecule is Cc1cccc(OCc2ccc(CN3C4CCC3COC4)cc2)c1C. The zero-order chi connectivity index (χ0) is 17.2. The molecule has 2 saturated heterocycles. The predicted octanol–water partition coefficient (Wildman–Crippen LogP) is 4.25. The van der Waals surface area contributed by atoms with E-state index >= 15 is 0 Å². The van der Waals surface area contributed by atoms with Crippen molar-refractivity contribution in [2.24, 2.45) is 0 Å². The van der Waals surface area contributed by atoms with E-state index in [0.29, 0.717) is 18.7 Å². The van der Waals surface area contributed by atoms with Crippen molar-refractivity contribution in [2.45, 2.75) is 51.9 Å². The lowest BCUT2D eigenvalue weighted by Crippen LogP contribution is -2.45. The third-order valence-electron chi connectivity index (χ3n) is 5.73.